The highest BCUT2D eigenvalue weighted by Crippen LogP contribution is 2.45. The summed E-state index contributed by atoms with van der Waals surface area (Å²) in [5.41, 5.74) is 17.9. The van der Waals surface area contributed by atoms with Gasteiger partial charge in [0.05, 0.1) is 0 Å². The average Bonchev–Trinajstić information content (AvgIpc) is 3.41. The smallest absolute Gasteiger partial charge is 0.126 e. The van der Waals surface area contributed by atoms with Gasteiger partial charge in [-0.3, -0.25) is 0 Å². The largest absolute Gasteiger partial charge is 0.488 e. The van der Waals surface area contributed by atoms with Gasteiger partial charge >= 0.3 is 0 Å². The first kappa shape index (κ1) is 53.8. The van der Waals surface area contributed by atoms with E-state index in [4.69, 9.17) is 18.9 Å². The van der Waals surface area contributed by atoms with Crippen molar-refractivity contribution < 1.29 is 18.9 Å². The standard InChI is InChI=1S/C72H80O4/c1-69(2,3)61-37-53-33-55-39-62(70(4,5)6)41-57(66(55)74-46-50-27-19-14-20-28-50)35-59-43-64(72(10,11)12)44-60(68(59)76-48-52-31-23-16-24-32-52)36-58-42-63(71(7,8)9)40-56(67(58)75-47-51-29-21-15-22-30-51)34-54(38-61)65(53)73-45-49-25-17-13-18-26-49/h13-32,37-44H,33-36,45-48H2,1-12H3. The second kappa shape index (κ2) is 22.3. The second-order valence-corrected chi connectivity index (χ2v) is 25.3. The quantitative estimate of drug-likeness (QED) is 0.122. The molecule has 0 aliphatic heterocycles. The van der Waals surface area contributed by atoms with Crippen molar-refractivity contribution in [1.82, 2.24) is 0 Å². The Morgan fingerprint density at radius 3 is 0.553 bits per heavy atom. The van der Waals surface area contributed by atoms with Crippen LogP contribution >= 0.6 is 0 Å². The van der Waals surface area contributed by atoms with Crippen LogP contribution in [-0.2, 0) is 73.8 Å². The van der Waals surface area contributed by atoms with E-state index >= 15 is 0 Å². The van der Waals surface area contributed by atoms with Crippen molar-refractivity contribution in [1.29, 1.82) is 0 Å². The molecule has 0 aromatic heterocycles. The lowest BCUT2D eigenvalue weighted by Crippen LogP contribution is -2.17. The highest BCUT2D eigenvalue weighted by molar-refractivity contribution is 5.60. The van der Waals surface area contributed by atoms with Crippen molar-refractivity contribution in [3.05, 3.63) is 259 Å². The van der Waals surface area contributed by atoms with Gasteiger partial charge in [-0.05, 0) is 111 Å². The van der Waals surface area contributed by atoms with E-state index < -0.39 is 0 Å². The molecular weight excluding hydrogens is 929 g/mol. The number of hydrogen-bond donors (Lipinski definition) is 0. The van der Waals surface area contributed by atoms with Gasteiger partial charge in [0.1, 0.15) is 49.4 Å². The van der Waals surface area contributed by atoms with E-state index in [1.54, 1.807) is 0 Å². The van der Waals surface area contributed by atoms with E-state index in [9.17, 15) is 0 Å². The average molecular weight is 1010 g/mol. The van der Waals surface area contributed by atoms with E-state index in [1.165, 1.54) is 22.3 Å². The van der Waals surface area contributed by atoms with Crippen molar-refractivity contribution in [3.8, 4) is 23.0 Å². The summed E-state index contributed by atoms with van der Waals surface area (Å²) in [6.45, 7) is 29.6. The highest BCUT2D eigenvalue weighted by atomic mass is 16.5. The lowest BCUT2D eigenvalue weighted by Gasteiger charge is -2.29. The molecular formula is C72H80O4. The summed E-state index contributed by atoms with van der Waals surface area (Å²) >= 11 is 0. The van der Waals surface area contributed by atoms with Crippen LogP contribution in [0.25, 0.3) is 0 Å². The maximum atomic E-state index is 7.30. The van der Waals surface area contributed by atoms with Crippen LogP contribution < -0.4 is 18.9 Å². The van der Waals surface area contributed by atoms with E-state index in [-0.39, 0.29) is 21.7 Å². The van der Waals surface area contributed by atoms with Crippen LogP contribution in [-0.4, -0.2) is 0 Å². The van der Waals surface area contributed by atoms with Crippen molar-refractivity contribution in [3.63, 3.8) is 0 Å². The molecule has 0 saturated carbocycles. The number of ether oxygens (including phenoxy) is 4. The van der Waals surface area contributed by atoms with Gasteiger partial charge in [-0.15, -0.1) is 0 Å². The second-order valence-electron chi connectivity index (χ2n) is 25.3. The summed E-state index contributed by atoms with van der Waals surface area (Å²) in [7, 11) is 0. The number of fused-ring (bicyclic) bond motifs is 8. The van der Waals surface area contributed by atoms with Gasteiger partial charge in [0.25, 0.3) is 0 Å². The zero-order valence-corrected chi connectivity index (χ0v) is 47.5. The van der Waals surface area contributed by atoms with Crippen molar-refractivity contribution in [2.24, 2.45) is 0 Å². The monoisotopic (exact) mass is 1010 g/mol. The normalized spacial score (nSPS) is 13.0. The van der Waals surface area contributed by atoms with Crippen molar-refractivity contribution >= 4 is 0 Å². The minimum atomic E-state index is -0.165. The fourth-order valence-electron chi connectivity index (χ4n) is 10.3. The zero-order chi connectivity index (χ0) is 53.8. The van der Waals surface area contributed by atoms with Gasteiger partial charge in [0.15, 0.2) is 0 Å². The van der Waals surface area contributed by atoms with Crippen molar-refractivity contribution in [2.45, 2.75) is 157 Å². The lowest BCUT2D eigenvalue weighted by molar-refractivity contribution is 0.293. The minimum Gasteiger partial charge on any atom is -0.488 e. The molecule has 0 heterocycles. The molecule has 0 atom stereocenters. The molecule has 4 nitrogen and oxygen atoms in total. The third-order valence-corrected chi connectivity index (χ3v) is 14.9. The van der Waals surface area contributed by atoms with Crippen LogP contribution in [0.4, 0.5) is 0 Å². The predicted octanol–water partition coefficient (Wildman–Crippen LogP) is 17.9. The Morgan fingerprint density at radius 1 is 0.250 bits per heavy atom. The Balaban J connectivity index is 1.38. The molecule has 0 spiro atoms. The van der Waals surface area contributed by atoms with Crippen LogP contribution in [0.5, 0.6) is 23.0 Å². The molecule has 8 bridgehead atoms. The van der Waals surface area contributed by atoms with Crippen molar-refractivity contribution in [2.75, 3.05) is 0 Å². The van der Waals surface area contributed by atoms with E-state index in [0.29, 0.717) is 52.1 Å². The van der Waals surface area contributed by atoms with Gasteiger partial charge in [-0.2, -0.15) is 0 Å². The Kier molecular flexibility index (Phi) is 15.8. The van der Waals surface area contributed by atoms with E-state index in [1.807, 2.05) is 0 Å². The topological polar surface area (TPSA) is 36.9 Å². The maximum Gasteiger partial charge on any atom is 0.126 e. The molecule has 76 heavy (non-hydrogen) atoms. The molecule has 0 N–H and O–H groups in total. The molecule has 392 valence electrons. The van der Waals surface area contributed by atoms with Crippen LogP contribution in [0.15, 0.2) is 170 Å². The summed E-state index contributed by atoms with van der Waals surface area (Å²) in [5, 5.41) is 0. The molecule has 0 radical (unpaired) electrons. The molecule has 0 fully saturated rings. The lowest BCUT2D eigenvalue weighted by atomic mass is 9.79. The van der Waals surface area contributed by atoms with E-state index in [0.717, 1.165) is 89.8 Å². The van der Waals surface area contributed by atoms with Crippen LogP contribution in [0, 0.1) is 0 Å². The Hall–Kier alpha value is -7.04. The predicted molar refractivity (Wildman–Crippen MR) is 315 cm³/mol. The summed E-state index contributed by atoms with van der Waals surface area (Å²) < 4.78 is 29.2. The van der Waals surface area contributed by atoms with Crippen LogP contribution in [0.3, 0.4) is 0 Å². The molecule has 8 aromatic carbocycles. The summed E-state index contributed by atoms with van der Waals surface area (Å²) in [4.78, 5) is 0. The van der Waals surface area contributed by atoms with E-state index in [2.05, 4.69) is 253 Å². The number of rotatable bonds is 12. The molecule has 0 amide bonds. The van der Waals surface area contributed by atoms with Gasteiger partial charge in [-0.1, -0.05) is 253 Å². The van der Waals surface area contributed by atoms with Gasteiger partial charge in [0.2, 0.25) is 0 Å². The zero-order valence-electron chi connectivity index (χ0n) is 47.5. The molecule has 4 heteroatoms. The summed E-state index contributed by atoms with van der Waals surface area (Å²) in [6, 6.07) is 61.6. The first-order valence-corrected chi connectivity index (χ1v) is 27.5. The van der Waals surface area contributed by atoms with Crippen LogP contribution in [0.2, 0.25) is 0 Å². The molecule has 0 saturated heterocycles. The fraction of sp³-hybridized carbons (Fsp3) is 0.333. The Morgan fingerprint density at radius 2 is 0.408 bits per heavy atom. The number of hydrogen-bond acceptors (Lipinski definition) is 4. The fourth-order valence-corrected chi connectivity index (χ4v) is 10.3. The SMILES string of the molecule is CC(C)(C)c1cc2c(OCc3ccccc3)c(c1)Cc1cc(C(C)(C)C)cc(c1OCc1ccccc1)Cc1cc(C(C)(C)C)cc(c1OCc1ccccc1)Cc1cc(C(C)(C)C)cc(c1OCc1ccccc1)C2. The Bertz CT molecular complexity index is 2720. The third kappa shape index (κ3) is 13.1. The van der Waals surface area contributed by atoms with Gasteiger partial charge in [0, 0.05) is 25.7 Å². The molecule has 9 rings (SSSR count). The highest BCUT2D eigenvalue weighted by Gasteiger charge is 2.30. The van der Waals surface area contributed by atoms with Crippen LogP contribution in [0.1, 0.15) is 172 Å². The third-order valence-electron chi connectivity index (χ3n) is 14.9. The Labute approximate surface area is 455 Å². The van der Waals surface area contributed by atoms with Gasteiger partial charge < -0.3 is 18.9 Å². The number of benzene rings is 8. The summed E-state index contributed by atoms with van der Waals surface area (Å²) in [5.74, 6) is 3.64. The first-order chi connectivity index (χ1) is 36.2. The minimum absolute atomic E-state index is 0.165. The molecule has 0 unspecified atom stereocenters. The molecule has 1 aliphatic carbocycles. The van der Waals surface area contributed by atoms with Gasteiger partial charge in [-0.25, -0.2) is 0 Å². The molecule has 1 aliphatic rings. The molecule has 8 aromatic rings. The first-order valence-electron chi connectivity index (χ1n) is 27.5. The summed E-state index contributed by atoms with van der Waals surface area (Å²) in [6.07, 6.45) is 2.38. The maximum absolute atomic E-state index is 7.30.